The molecule has 0 atom stereocenters. The lowest BCUT2D eigenvalue weighted by atomic mass is 10.1. The fourth-order valence-corrected chi connectivity index (χ4v) is 2.92. The van der Waals surface area contributed by atoms with Gasteiger partial charge in [-0.05, 0) is 37.1 Å². The third-order valence-corrected chi connectivity index (χ3v) is 4.11. The van der Waals surface area contributed by atoms with Gasteiger partial charge in [0.1, 0.15) is 6.54 Å². The molecule has 6 heteroatoms. The number of aliphatic carboxylic acids is 1. The standard InChI is InChI=1S/C13H12ClNO3S/c1-7-5-9(3-4-10(7)14)12-8(2)19-13(18)15(12)6-11(16)17/h3-5H,6H2,1-2H3,(H,16,17). The largest absolute Gasteiger partial charge is 0.480 e. The van der Waals surface area contributed by atoms with Crippen LogP contribution in [0, 0.1) is 13.8 Å². The summed E-state index contributed by atoms with van der Waals surface area (Å²) in [7, 11) is 0. The van der Waals surface area contributed by atoms with E-state index >= 15 is 0 Å². The zero-order chi connectivity index (χ0) is 14.2. The van der Waals surface area contributed by atoms with Crippen LogP contribution in [0.4, 0.5) is 0 Å². The normalized spacial score (nSPS) is 10.7. The Balaban J connectivity index is 2.63. The Hall–Kier alpha value is -1.59. The lowest BCUT2D eigenvalue weighted by Gasteiger charge is -2.08. The van der Waals surface area contributed by atoms with Crippen molar-refractivity contribution in [3.05, 3.63) is 43.3 Å². The molecule has 100 valence electrons. The molecule has 0 aliphatic rings. The number of carbonyl (C=O) groups is 1. The number of nitrogens with zero attached hydrogens (tertiary/aromatic N) is 1. The first-order valence-corrected chi connectivity index (χ1v) is 6.78. The van der Waals surface area contributed by atoms with Gasteiger partial charge in [-0.2, -0.15) is 0 Å². The van der Waals surface area contributed by atoms with Gasteiger partial charge in [-0.25, -0.2) is 0 Å². The summed E-state index contributed by atoms with van der Waals surface area (Å²) < 4.78 is 1.28. The van der Waals surface area contributed by atoms with Crippen molar-refractivity contribution >= 4 is 28.9 Å². The molecule has 0 bridgehead atoms. The maximum Gasteiger partial charge on any atom is 0.323 e. The highest BCUT2D eigenvalue weighted by molar-refractivity contribution is 7.09. The van der Waals surface area contributed by atoms with Crippen molar-refractivity contribution in [3.63, 3.8) is 0 Å². The molecular weight excluding hydrogens is 286 g/mol. The molecule has 0 fully saturated rings. The Morgan fingerprint density at radius 3 is 2.68 bits per heavy atom. The molecule has 2 rings (SSSR count). The maximum absolute atomic E-state index is 11.8. The van der Waals surface area contributed by atoms with Gasteiger partial charge in [0.15, 0.2) is 0 Å². The van der Waals surface area contributed by atoms with Crippen LogP contribution in [0.5, 0.6) is 0 Å². The molecule has 1 heterocycles. The SMILES string of the molecule is Cc1cc(-c2c(C)sc(=O)n2CC(=O)O)ccc1Cl. The highest BCUT2D eigenvalue weighted by Gasteiger charge is 2.16. The summed E-state index contributed by atoms with van der Waals surface area (Å²) in [6.07, 6.45) is 0. The first-order chi connectivity index (χ1) is 8.90. The molecule has 1 N–H and O–H groups in total. The number of aromatic nitrogens is 1. The third-order valence-electron chi connectivity index (χ3n) is 2.79. The number of thiazole rings is 1. The average Bonchev–Trinajstić information content (AvgIpc) is 2.57. The maximum atomic E-state index is 11.8. The second-order valence-corrected chi connectivity index (χ2v) is 5.79. The second kappa shape index (κ2) is 5.19. The summed E-state index contributed by atoms with van der Waals surface area (Å²) in [4.78, 5) is 23.2. The highest BCUT2D eigenvalue weighted by atomic mass is 35.5. The fraction of sp³-hybridized carbons (Fsp3) is 0.231. The Bertz CT molecular complexity index is 702. The second-order valence-electron chi connectivity index (χ2n) is 4.22. The van der Waals surface area contributed by atoms with Gasteiger partial charge in [0, 0.05) is 9.90 Å². The van der Waals surface area contributed by atoms with Gasteiger partial charge >= 0.3 is 10.8 Å². The van der Waals surface area contributed by atoms with E-state index in [1.807, 2.05) is 19.9 Å². The number of benzene rings is 1. The number of halogens is 1. The van der Waals surface area contributed by atoms with E-state index in [1.54, 1.807) is 12.1 Å². The van der Waals surface area contributed by atoms with Crippen molar-refractivity contribution in [2.45, 2.75) is 20.4 Å². The summed E-state index contributed by atoms with van der Waals surface area (Å²) in [6.45, 7) is 3.34. The quantitative estimate of drug-likeness (QED) is 0.947. The van der Waals surface area contributed by atoms with E-state index in [0.29, 0.717) is 10.7 Å². The van der Waals surface area contributed by atoms with Gasteiger partial charge in [0.2, 0.25) is 0 Å². The summed E-state index contributed by atoms with van der Waals surface area (Å²) in [6, 6.07) is 5.40. The molecular formula is C13H12ClNO3S. The Labute approximate surface area is 118 Å². The summed E-state index contributed by atoms with van der Waals surface area (Å²) in [5, 5.41) is 9.54. The lowest BCUT2D eigenvalue weighted by molar-refractivity contribution is -0.137. The minimum atomic E-state index is -1.04. The minimum absolute atomic E-state index is 0.262. The van der Waals surface area contributed by atoms with Crippen LogP contribution in [-0.2, 0) is 11.3 Å². The number of carboxylic acid groups (broad SMARTS) is 1. The first-order valence-electron chi connectivity index (χ1n) is 5.58. The van der Waals surface area contributed by atoms with Gasteiger partial charge in [-0.3, -0.25) is 14.2 Å². The molecule has 0 spiro atoms. The van der Waals surface area contributed by atoms with E-state index in [4.69, 9.17) is 16.7 Å². The monoisotopic (exact) mass is 297 g/mol. The fourth-order valence-electron chi connectivity index (χ4n) is 1.95. The smallest absolute Gasteiger partial charge is 0.323 e. The predicted molar refractivity (Wildman–Crippen MR) is 76.1 cm³/mol. The average molecular weight is 298 g/mol. The van der Waals surface area contributed by atoms with Crippen molar-refractivity contribution < 1.29 is 9.90 Å². The summed E-state index contributed by atoms with van der Waals surface area (Å²) >= 11 is 7.03. The first kappa shape index (κ1) is 13.8. The van der Waals surface area contributed by atoms with Crippen LogP contribution in [0.15, 0.2) is 23.0 Å². The minimum Gasteiger partial charge on any atom is -0.480 e. The van der Waals surface area contributed by atoms with Crippen molar-refractivity contribution in [3.8, 4) is 11.3 Å². The third kappa shape index (κ3) is 2.72. The molecule has 0 aliphatic heterocycles. The molecule has 0 saturated heterocycles. The zero-order valence-electron chi connectivity index (χ0n) is 10.4. The van der Waals surface area contributed by atoms with Gasteiger partial charge in [0.25, 0.3) is 0 Å². The van der Waals surface area contributed by atoms with Crippen LogP contribution in [0.1, 0.15) is 10.4 Å². The molecule has 1 aromatic carbocycles. The van der Waals surface area contributed by atoms with E-state index in [0.717, 1.165) is 27.3 Å². The van der Waals surface area contributed by atoms with Crippen LogP contribution in [0.3, 0.4) is 0 Å². The van der Waals surface area contributed by atoms with Crippen LogP contribution in [0.2, 0.25) is 5.02 Å². The number of carboxylic acids is 1. The number of hydrogen-bond donors (Lipinski definition) is 1. The van der Waals surface area contributed by atoms with Crippen LogP contribution >= 0.6 is 22.9 Å². The Morgan fingerprint density at radius 1 is 1.42 bits per heavy atom. The van der Waals surface area contributed by atoms with Gasteiger partial charge in [0.05, 0.1) is 5.69 Å². The molecule has 0 unspecified atom stereocenters. The van der Waals surface area contributed by atoms with Crippen molar-refractivity contribution in [1.82, 2.24) is 4.57 Å². The van der Waals surface area contributed by atoms with Crippen LogP contribution < -0.4 is 4.87 Å². The van der Waals surface area contributed by atoms with Gasteiger partial charge in [-0.1, -0.05) is 29.0 Å². The van der Waals surface area contributed by atoms with E-state index in [1.165, 1.54) is 4.57 Å². The summed E-state index contributed by atoms with van der Waals surface area (Å²) in [5.74, 6) is -1.04. The van der Waals surface area contributed by atoms with E-state index in [9.17, 15) is 9.59 Å². The molecule has 0 radical (unpaired) electrons. The zero-order valence-corrected chi connectivity index (χ0v) is 12.0. The Kier molecular flexibility index (Phi) is 3.78. The molecule has 0 saturated carbocycles. The Morgan fingerprint density at radius 2 is 2.11 bits per heavy atom. The van der Waals surface area contributed by atoms with Crippen LogP contribution in [-0.4, -0.2) is 15.6 Å². The summed E-state index contributed by atoms with van der Waals surface area (Å²) in [5.41, 5.74) is 2.34. The number of aryl methyl sites for hydroxylation is 2. The lowest BCUT2D eigenvalue weighted by Crippen LogP contribution is -2.19. The van der Waals surface area contributed by atoms with E-state index < -0.39 is 5.97 Å². The number of hydrogen-bond acceptors (Lipinski definition) is 3. The number of rotatable bonds is 3. The molecule has 19 heavy (non-hydrogen) atoms. The van der Waals surface area contributed by atoms with Crippen molar-refractivity contribution in [2.24, 2.45) is 0 Å². The van der Waals surface area contributed by atoms with Gasteiger partial charge in [-0.15, -0.1) is 0 Å². The molecule has 0 aliphatic carbocycles. The molecule has 4 nitrogen and oxygen atoms in total. The van der Waals surface area contributed by atoms with E-state index in [2.05, 4.69) is 0 Å². The highest BCUT2D eigenvalue weighted by Crippen LogP contribution is 2.28. The van der Waals surface area contributed by atoms with Gasteiger partial charge < -0.3 is 5.11 Å². The van der Waals surface area contributed by atoms with E-state index in [-0.39, 0.29) is 11.4 Å². The predicted octanol–water partition coefficient (Wildman–Crippen LogP) is 2.93. The van der Waals surface area contributed by atoms with Crippen molar-refractivity contribution in [1.29, 1.82) is 0 Å². The molecule has 1 aromatic heterocycles. The molecule has 2 aromatic rings. The van der Waals surface area contributed by atoms with Crippen LogP contribution in [0.25, 0.3) is 11.3 Å². The molecule has 0 amide bonds. The topological polar surface area (TPSA) is 59.3 Å². The van der Waals surface area contributed by atoms with Crippen molar-refractivity contribution in [2.75, 3.05) is 0 Å².